The molecule has 0 aromatic rings. The first-order chi connectivity index (χ1) is 27.7. The van der Waals surface area contributed by atoms with Gasteiger partial charge in [-0.15, -0.1) is 0 Å². The fraction of sp³-hybridized carbons (Fsp3) is 0.809. The van der Waals surface area contributed by atoms with E-state index in [9.17, 15) is 14.4 Å². The molecule has 0 aliphatic heterocycles. The van der Waals surface area contributed by atoms with Crippen molar-refractivity contribution in [2.75, 3.05) is 13.1 Å². The second-order valence-corrected chi connectivity index (χ2v) is 15.3. The molecule has 12 heteroatoms. The van der Waals surface area contributed by atoms with Crippen LogP contribution in [-0.4, -0.2) is 46.3 Å². The second kappa shape index (κ2) is 35.9. The molecule has 0 spiro atoms. The molecule has 0 aliphatic rings. The molecular weight excluding hydrogens is 745 g/mol. The number of carbonyl (C=O) groups is 3. The lowest BCUT2D eigenvalue weighted by molar-refractivity contribution is -0.162. The van der Waals surface area contributed by atoms with Crippen LogP contribution >= 0.6 is 0 Å². The third-order valence-electron chi connectivity index (χ3n) is 14.0. The third-order valence-corrected chi connectivity index (χ3v) is 14.0. The Morgan fingerprint density at radius 1 is 0.508 bits per heavy atom. The first kappa shape index (κ1) is 64.2. The van der Waals surface area contributed by atoms with Crippen LogP contribution in [0.25, 0.3) is 0 Å². The number of carboxylic acid groups (broad SMARTS) is 3. The maximum Gasteiger partial charge on any atom is 0.318 e. The Labute approximate surface area is 360 Å². The van der Waals surface area contributed by atoms with Gasteiger partial charge < -0.3 is 26.8 Å². The molecule has 0 heterocycles. The predicted octanol–water partition coefficient (Wildman–Crippen LogP) is 11.4. The highest BCUT2D eigenvalue weighted by Gasteiger charge is 2.44. The summed E-state index contributed by atoms with van der Waals surface area (Å²) in [5.74, 6) is -4.38. The number of rotatable bonds is 23. The summed E-state index contributed by atoms with van der Waals surface area (Å²) in [4.78, 5) is 32.3. The number of carboxylic acids is 3. The number of allylic oxidation sites excluding steroid dienone is 2. The average Bonchev–Trinajstić information content (AvgIpc) is 3.25. The van der Waals surface area contributed by atoms with E-state index in [0.29, 0.717) is 37.0 Å². The van der Waals surface area contributed by atoms with E-state index in [2.05, 4.69) is 74.5 Å². The quantitative estimate of drug-likeness (QED) is 0.0476. The highest BCUT2D eigenvalue weighted by Crippen LogP contribution is 2.40. The molecule has 7 N–H and O–H groups in total. The molecule has 12 nitrogen and oxygen atoms in total. The number of hydrogen-bond acceptors (Lipinski definition) is 9. The Morgan fingerprint density at radius 2 is 0.814 bits per heavy atom. The maximum absolute atomic E-state index is 10.9. The number of nitrogens with zero attached hydrogens (tertiary/aromatic N) is 4. The second-order valence-electron chi connectivity index (χ2n) is 15.3. The Kier molecular flexibility index (Phi) is 39.1. The molecule has 0 aromatic carbocycles. The molecule has 0 radical (unpaired) electrons. The van der Waals surface area contributed by atoms with E-state index in [-0.39, 0.29) is 16.4 Å². The summed E-state index contributed by atoms with van der Waals surface area (Å²) in [6.45, 7) is 29.9. The van der Waals surface area contributed by atoms with Crippen LogP contribution in [0.2, 0.25) is 0 Å². The molecule has 0 amide bonds. The van der Waals surface area contributed by atoms with E-state index in [4.69, 9.17) is 47.8 Å². The molecular formula is C47H86N6O6. The van der Waals surface area contributed by atoms with Crippen molar-refractivity contribution in [3.05, 3.63) is 11.1 Å². The third kappa shape index (κ3) is 21.2. The van der Waals surface area contributed by atoms with E-state index < -0.39 is 35.2 Å². The normalized spacial score (nSPS) is 11.0. The Morgan fingerprint density at radius 3 is 0.898 bits per heavy atom. The van der Waals surface area contributed by atoms with Gasteiger partial charge in [0.25, 0.3) is 0 Å². The summed E-state index contributed by atoms with van der Waals surface area (Å²) in [5, 5.41) is 60.8. The summed E-state index contributed by atoms with van der Waals surface area (Å²) in [6, 6.07) is 7.91. The fourth-order valence-electron chi connectivity index (χ4n) is 8.10. The highest BCUT2D eigenvalue weighted by atomic mass is 16.4. The SMILES string of the molecule is CCC(CC)(CC)C(C#N)C#N.CCC(CC)(CC)C(C(=O)O)C(=O)O.CCC(CC)(CC)C(CN)CN.CCC(CC)(CC)CC(=O)O.CCC(CC)=C(C#N)C#N. The number of hydrogen-bond donors (Lipinski definition) is 5. The number of aliphatic carboxylic acids is 3. The Bertz CT molecular complexity index is 1260. The van der Waals surface area contributed by atoms with Crippen LogP contribution in [0.5, 0.6) is 0 Å². The molecule has 0 saturated carbocycles. The molecule has 0 atom stereocenters. The lowest BCUT2D eigenvalue weighted by Crippen LogP contribution is -2.40. The van der Waals surface area contributed by atoms with Crippen molar-refractivity contribution in [1.82, 2.24) is 0 Å². The Hall–Kier alpha value is -3.97. The van der Waals surface area contributed by atoms with Crippen LogP contribution in [0.4, 0.5) is 0 Å². The van der Waals surface area contributed by atoms with Crippen molar-refractivity contribution >= 4 is 17.9 Å². The van der Waals surface area contributed by atoms with Crippen molar-refractivity contribution in [1.29, 1.82) is 21.0 Å². The van der Waals surface area contributed by atoms with E-state index >= 15 is 0 Å². The van der Waals surface area contributed by atoms with Gasteiger partial charge >= 0.3 is 17.9 Å². The van der Waals surface area contributed by atoms with E-state index in [1.807, 2.05) is 46.8 Å². The highest BCUT2D eigenvalue weighted by molar-refractivity contribution is 5.93. The van der Waals surface area contributed by atoms with Gasteiger partial charge in [-0.3, -0.25) is 14.4 Å². The molecule has 59 heavy (non-hydrogen) atoms. The van der Waals surface area contributed by atoms with Gasteiger partial charge in [0.2, 0.25) is 0 Å². The molecule has 0 unspecified atom stereocenters. The topological polar surface area (TPSA) is 259 Å². The van der Waals surface area contributed by atoms with Crippen molar-refractivity contribution in [3.63, 3.8) is 0 Å². The predicted molar refractivity (Wildman–Crippen MR) is 239 cm³/mol. The van der Waals surface area contributed by atoms with Crippen LogP contribution in [0.1, 0.15) is 193 Å². The summed E-state index contributed by atoms with van der Waals surface area (Å²) in [7, 11) is 0. The molecule has 0 saturated heterocycles. The van der Waals surface area contributed by atoms with Gasteiger partial charge in [-0.25, -0.2) is 0 Å². The monoisotopic (exact) mass is 831 g/mol. The Balaban J connectivity index is -0.000000207. The van der Waals surface area contributed by atoms with Crippen LogP contribution in [0.15, 0.2) is 11.1 Å². The summed E-state index contributed by atoms with van der Waals surface area (Å²) in [6.07, 6.45) is 12.8. The molecule has 0 aromatic heterocycles. The van der Waals surface area contributed by atoms with E-state index in [1.54, 1.807) is 0 Å². The van der Waals surface area contributed by atoms with Crippen molar-refractivity contribution in [3.8, 4) is 24.3 Å². The minimum absolute atomic E-state index is 0.0475. The molecule has 0 bridgehead atoms. The minimum Gasteiger partial charge on any atom is -0.481 e. The van der Waals surface area contributed by atoms with Crippen molar-refractivity contribution in [2.24, 2.45) is 50.9 Å². The smallest absolute Gasteiger partial charge is 0.318 e. The zero-order valence-electron chi connectivity index (χ0n) is 39.8. The van der Waals surface area contributed by atoms with Gasteiger partial charge in [0.1, 0.15) is 23.6 Å². The summed E-state index contributed by atoms with van der Waals surface area (Å²) < 4.78 is 0. The van der Waals surface area contributed by atoms with E-state index in [0.717, 1.165) is 70.0 Å². The molecule has 0 fully saturated rings. The summed E-state index contributed by atoms with van der Waals surface area (Å²) >= 11 is 0. The molecule has 340 valence electrons. The fourth-order valence-corrected chi connectivity index (χ4v) is 8.10. The van der Waals surface area contributed by atoms with E-state index in [1.165, 1.54) is 19.3 Å². The first-order valence-corrected chi connectivity index (χ1v) is 22.1. The molecule has 0 aliphatic carbocycles. The van der Waals surface area contributed by atoms with Gasteiger partial charge in [0.15, 0.2) is 5.92 Å². The summed E-state index contributed by atoms with van der Waals surface area (Å²) in [5.41, 5.74) is 12.4. The number of nitriles is 4. The van der Waals surface area contributed by atoms with Crippen LogP contribution in [-0.2, 0) is 14.4 Å². The van der Waals surface area contributed by atoms with Gasteiger partial charge in [-0.1, -0.05) is 116 Å². The maximum atomic E-state index is 10.9. The van der Waals surface area contributed by atoms with Crippen molar-refractivity contribution in [2.45, 2.75) is 193 Å². The molecule has 0 rings (SSSR count). The largest absolute Gasteiger partial charge is 0.481 e. The zero-order chi connectivity index (χ0) is 47.5. The average molecular weight is 831 g/mol. The zero-order valence-corrected chi connectivity index (χ0v) is 39.8. The standard InChI is InChI=1S/C10H24N2.C10H16N2.C10H18O4.C9H18O2.C8H10N2/c2*1-4-10(5-2,6-3)9(7-11)8-12;1-4-10(5-2,6-3)7(8(11)12)9(13)14;1-4-9(5-2,6-3)7-8(10)11;1-3-7(4-2)8(5-9)6-10/h9H,4-8,11-12H2,1-3H3;9H,4-6H2,1-3H3;7H,4-6H2,1-3H3,(H,11,12)(H,13,14);4-7H2,1-3H3,(H,10,11);3-4H2,1-2H3. The van der Waals surface area contributed by atoms with Crippen LogP contribution in [0, 0.1) is 84.7 Å². The van der Waals surface area contributed by atoms with Gasteiger partial charge in [0.05, 0.1) is 18.6 Å². The van der Waals surface area contributed by atoms with Crippen molar-refractivity contribution < 1.29 is 29.7 Å². The van der Waals surface area contributed by atoms with Gasteiger partial charge in [-0.2, -0.15) is 21.0 Å². The lowest BCUT2D eigenvalue weighted by atomic mass is 9.69. The lowest BCUT2D eigenvalue weighted by Gasteiger charge is -2.38. The van der Waals surface area contributed by atoms with Crippen LogP contribution < -0.4 is 11.5 Å². The van der Waals surface area contributed by atoms with Crippen LogP contribution in [0.3, 0.4) is 0 Å². The van der Waals surface area contributed by atoms with Gasteiger partial charge in [-0.05, 0) is 117 Å². The van der Waals surface area contributed by atoms with Gasteiger partial charge in [0, 0.05) is 0 Å². The number of nitrogens with two attached hydrogens (primary N) is 2. The first-order valence-electron chi connectivity index (χ1n) is 22.1. The minimum atomic E-state index is -1.29.